The summed E-state index contributed by atoms with van der Waals surface area (Å²) in [6.45, 7) is 1.78. The first-order valence-electron chi connectivity index (χ1n) is 7.58. The van der Waals surface area contributed by atoms with Crippen LogP contribution in [0.2, 0.25) is 0 Å². The van der Waals surface area contributed by atoms with Gasteiger partial charge in [0.1, 0.15) is 10.6 Å². The number of nitrogens with one attached hydrogen (secondary N) is 1. The molecule has 7 nitrogen and oxygen atoms in total. The third kappa shape index (κ3) is 3.19. The minimum atomic E-state index is -4.64. The highest BCUT2D eigenvalue weighted by atomic mass is 32.2. The molecule has 0 aromatic heterocycles. The van der Waals surface area contributed by atoms with Crippen molar-refractivity contribution in [3.63, 3.8) is 0 Å². The van der Waals surface area contributed by atoms with Crippen molar-refractivity contribution in [1.29, 1.82) is 0 Å². The van der Waals surface area contributed by atoms with Gasteiger partial charge in [0.25, 0.3) is 16.0 Å². The summed E-state index contributed by atoms with van der Waals surface area (Å²) in [5, 5.41) is 13.2. The third-order valence-corrected chi connectivity index (χ3v) is 4.85. The second-order valence-corrected chi connectivity index (χ2v) is 7.22. The Morgan fingerprint density at radius 3 is 2.54 bits per heavy atom. The molecule has 0 atom stereocenters. The number of carbonyl (C=O) groups is 1. The Morgan fingerprint density at radius 2 is 1.85 bits per heavy atom. The van der Waals surface area contributed by atoms with E-state index in [1.54, 1.807) is 37.3 Å². The van der Waals surface area contributed by atoms with Crippen LogP contribution in [0.1, 0.15) is 15.9 Å². The molecule has 0 unspecified atom stereocenters. The molecule has 0 aliphatic heterocycles. The number of rotatable bonds is 3. The Hall–Kier alpha value is -3.10. The van der Waals surface area contributed by atoms with Crippen LogP contribution in [0.4, 0.5) is 11.4 Å². The molecule has 134 valence electrons. The lowest BCUT2D eigenvalue weighted by molar-refractivity contribution is 0.102. The number of anilines is 2. The van der Waals surface area contributed by atoms with Crippen molar-refractivity contribution >= 4 is 38.2 Å². The van der Waals surface area contributed by atoms with Gasteiger partial charge < -0.3 is 16.2 Å². The number of carbonyl (C=O) groups excluding carboxylic acids is 1. The lowest BCUT2D eigenvalue weighted by Gasteiger charge is -2.14. The standard InChI is InChI=1S/C18H16N2O5S/c1-10-5-7-13(19)12(9-10)18(22)20-17-15(26(23,24)25)8-6-11-3-2-4-14(21)16(11)17/h2-9,21H,19H2,1H3,(H,20,22)(H,23,24,25). The number of nitrogen functional groups attached to an aromatic ring is 1. The van der Waals surface area contributed by atoms with Gasteiger partial charge in [0.05, 0.1) is 11.3 Å². The normalized spacial score (nSPS) is 11.5. The van der Waals surface area contributed by atoms with Crippen molar-refractivity contribution in [2.75, 3.05) is 11.1 Å². The van der Waals surface area contributed by atoms with Crippen molar-refractivity contribution in [3.8, 4) is 5.75 Å². The lowest BCUT2D eigenvalue weighted by atomic mass is 10.1. The second-order valence-electron chi connectivity index (χ2n) is 5.83. The van der Waals surface area contributed by atoms with E-state index in [0.717, 1.165) is 11.6 Å². The van der Waals surface area contributed by atoms with Crippen molar-refractivity contribution in [2.45, 2.75) is 11.8 Å². The van der Waals surface area contributed by atoms with E-state index in [1.165, 1.54) is 12.1 Å². The topological polar surface area (TPSA) is 130 Å². The molecule has 5 N–H and O–H groups in total. The van der Waals surface area contributed by atoms with Gasteiger partial charge in [-0.1, -0.05) is 29.8 Å². The number of hydrogen-bond acceptors (Lipinski definition) is 5. The van der Waals surface area contributed by atoms with Crippen LogP contribution in [0.15, 0.2) is 53.4 Å². The molecular weight excluding hydrogens is 356 g/mol. The van der Waals surface area contributed by atoms with E-state index in [-0.39, 0.29) is 28.1 Å². The molecule has 1 amide bonds. The third-order valence-electron chi connectivity index (χ3n) is 3.96. The zero-order valence-corrected chi connectivity index (χ0v) is 14.5. The Labute approximate surface area is 149 Å². The number of aromatic hydroxyl groups is 1. The number of hydrogen-bond donors (Lipinski definition) is 4. The molecular formula is C18H16N2O5S. The maximum Gasteiger partial charge on any atom is 0.296 e. The fourth-order valence-corrected chi connectivity index (χ4v) is 3.38. The minimum Gasteiger partial charge on any atom is -0.507 e. The zero-order valence-electron chi connectivity index (χ0n) is 13.7. The largest absolute Gasteiger partial charge is 0.507 e. The van der Waals surface area contributed by atoms with Gasteiger partial charge in [0, 0.05) is 11.1 Å². The first kappa shape index (κ1) is 17.7. The van der Waals surface area contributed by atoms with E-state index in [2.05, 4.69) is 5.32 Å². The Morgan fingerprint density at radius 1 is 1.12 bits per heavy atom. The van der Waals surface area contributed by atoms with Crippen LogP contribution in [-0.4, -0.2) is 24.0 Å². The quantitative estimate of drug-likeness (QED) is 0.413. The molecule has 3 rings (SSSR count). The summed E-state index contributed by atoms with van der Waals surface area (Å²) in [5.74, 6) is -0.896. The van der Waals surface area contributed by atoms with E-state index in [1.807, 2.05) is 0 Å². The molecule has 0 bridgehead atoms. The number of nitrogens with two attached hydrogens (primary N) is 1. The number of phenolic OH excluding ortho intramolecular Hbond substituents is 1. The Balaban J connectivity index is 2.23. The van der Waals surface area contributed by atoms with Crippen LogP contribution in [0.25, 0.3) is 10.8 Å². The number of fused-ring (bicyclic) bond motifs is 1. The highest BCUT2D eigenvalue weighted by Gasteiger charge is 2.22. The number of phenols is 1. The molecule has 0 aliphatic carbocycles. The van der Waals surface area contributed by atoms with Gasteiger partial charge in [0.2, 0.25) is 0 Å². The average molecular weight is 372 g/mol. The summed E-state index contributed by atoms with van der Waals surface area (Å²) in [5.41, 5.74) is 6.78. The number of benzene rings is 3. The Bertz CT molecular complexity index is 1140. The molecule has 26 heavy (non-hydrogen) atoms. The van der Waals surface area contributed by atoms with Crippen LogP contribution in [-0.2, 0) is 10.1 Å². The van der Waals surface area contributed by atoms with Gasteiger partial charge in [0.15, 0.2) is 0 Å². The molecule has 0 saturated carbocycles. The predicted molar refractivity (Wildman–Crippen MR) is 99.0 cm³/mol. The summed E-state index contributed by atoms with van der Waals surface area (Å²) in [7, 11) is -4.64. The van der Waals surface area contributed by atoms with E-state index < -0.39 is 20.9 Å². The summed E-state index contributed by atoms with van der Waals surface area (Å²) < 4.78 is 33.0. The van der Waals surface area contributed by atoms with Gasteiger partial charge >= 0.3 is 0 Å². The van der Waals surface area contributed by atoms with E-state index >= 15 is 0 Å². The van der Waals surface area contributed by atoms with Crippen LogP contribution in [0, 0.1) is 6.92 Å². The summed E-state index contributed by atoms with van der Waals surface area (Å²) in [6.07, 6.45) is 0. The van der Waals surface area contributed by atoms with E-state index in [0.29, 0.717) is 5.39 Å². The van der Waals surface area contributed by atoms with Gasteiger partial charge in [-0.2, -0.15) is 8.42 Å². The summed E-state index contributed by atoms with van der Waals surface area (Å²) in [6, 6.07) is 12.0. The zero-order chi connectivity index (χ0) is 19.1. The molecule has 0 aliphatic rings. The fourth-order valence-electron chi connectivity index (χ4n) is 2.73. The maximum atomic E-state index is 12.7. The van der Waals surface area contributed by atoms with Crippen molar-refractivity contribution in [3.05, 3.63) is 59.7 Å². The molecule has 0 heterocycles. The predicted octanol–water partition coefficient (Wildman–Crippen LogP) is 2.94. The van der Waals surface area contributed by atoms with Gasteiger partial charge in [-0.05, 0) is 36.6 Å². The van der Waals surface area contributed by atoms with Crippen molar-refractivity contribution < 1.29 is 22.9 Å². The van der Waals surface area contributed by atoms with Gasteiger partial charge in [-0.15, -0.1) is 0 Å². The SMILES string of the molecule is Cc1ccc(N)c(C(=O)Nc2c(S(=O)(=O)O)ccc3cccc(O)c23)c1. The molecule has 3 aromatic carbocycles. The van der Waals surface area contributed by atoms with Crippen molar-refractivity contribution in [1.82, 2.24) is 0 Å². The van der Waals surface area contributed by atoms with Crippen LogP contribution >= 0.6 is 0 Å². The van der Waals surface area contributed by atoms with Crippen molar-refractivity contribution in [2.24, 2.45) is 0 Å². The number of amides is 1. The van der Waals surface area contributed by atoms with E-state index in [9.17, 15) is 22.9 Å². The first-order chi connectivity index (χ1) is 12.2. The van der Waals surface area contributed by atoms with Crippen LogP contribution in [0.5, 0.6) is 5.75 Å². The molecule has 3 aromatic rings. The lowest BCUT2D eigenvalue weighted by Crippen LogP contribution is -2.17. The Kier molecular flexibility index (Phi) is 4.31. The fraction of sp³-hybridized carbons (Fsp3) is 0.0556. The summed E-state index contributed by atoms with van der Waals surface area (Å²) in [4.78, 5) is 12.1. The monoisotopic (exact) mass is 372 g/mol. The second kappa shape index (κ2) is 6.32. The first-order valence-corrected chi connectivity index (χ1v) is 9.02. The number of aryl methyl sites for hydroxylation is 1. The minimum absolute atomic E-state index is 0.0993. The van der Waals surface area contributed by atoms with Gasteiger partial charge in [-0.25, -0.2) is 0 Å². The van der Waals surface area contributed by atoms with E-state index in [4.69, 9.17) is 5.73 Å². The molecule has 0 radical (unpaired) electrons. The smallest absolute Gasteiger partial charge is 0.296 e. The van der Waals surface area contributed by atoms with Crippen LogP contribution in [0.3, 0.4) is 0 Å². The molecule has 0 fully saturated rings. The highest BCUT2D eigenvalue weighted by Crippen LogP contribution is 2.36. The molecule has 0 spiro atoms. The molecule has 8 heteroatoms. The average Bonchev–Trinajstić information content (AvgIpc) is 2.56. The molecule has 0 saturated heterocycles. The highest BCUT2D eigenvalue weighted by molar-refractivity contribution is 7.86. The van der Waals surface area contributed by atoms with Gasteiger partial charge in [-0.3, -0.25) is 9.35 Å². The van der Waals surface area contributed by atoms with Crippen LogP contribution < -0.4 is 11.1 Å². The summed E-state index contributed by atoms with van der Waals surface area (Å²) >= 11 is 0. The maximum absolute atomic E-state index is 12.7.